The van der Waals surface area contributed by atoms with Crippen molar-refractivity contribution < 1.29 is 14.6 Å². The van der Waals surface area contributed by atoms with Crippen LogP contribution in [-0.2, 0) is 4.79 Å². The van der Waals surface area contributed by atoms with Gasteiger partial charge in [0.1, 0.15) is 5.75 Å². The van der Waals surface area contributed by atoms with Gasteiger partial charge in [-0.1, -0.05) is 32.0 Å². The van der Waals surface area contributed by atoms with E-state index in [4.69, 9.17) is 9.84 Å². The third-order valence-electron chi connectivity index (χ3n) is 3.13. The number of methoxy groups -OCH3 is 1. The molecule has 4 heteroatoms. The van der Waals surface area contributed by atoms with Crippen LogP contribution >= 0.6 is 0 Å². The van der Waals surface area contributed by atoms with Crippen molar-refractivity contribution in [2.75, 3.05) is 14.2 Å². The minimum Gasteiger partial charge on any atom is -0.496 e. The molecule has 0 radical (unpaired) electrons. The van der Waals surface area contributed by atoms with Crippen LogP contribution in [0.1, 0.15) is 31.9 Å². The van der Waals surface area contributed by atoms with Crippen molar-refractivity contribution in [1.82, 2.24) is 5.32 Å². The highest BCUT2D eigenvalue weighted by Crippen LogP contribution is 2.39. The summed E-state index contributed by atoms with van der Waals surface area (Å²) in [6.07, 6.45) is 0.0938. The maximum atomic E-state index is 11.0. The molecule has 1 atom stereocenters. The molecule has 1 unspecified atom stereocenters. The Labute approximate surface area is 108 Å². The number of carboxylic acid groups (broad SMARTS) is 1. The number of carboxylic acids is 1. The number of hydrogen-bond donors (Lipinski definition) is 2. The van der Waals surface area contributed by atoms with E-state index in [-0.39, 0.29) is 12.5 Å². The topological polar surface area (TPSA) is 58.6 Å². The fourth-order valence-corrected chi connectivity index (χ4v) is 2.36. The molecule has 1 aromatic rings. The Morgan fingerprint density at radius 1 is 1.44 bits per heavy atom. The molecule has 0 saturated heterocycles. The Hall–Kier alpha value is -1.55. The molecule has 0 bridgehead atoms. The van der Waals surface area contributed by atoms with Crippen LogP contribution in [0.5, 0.6) is 5.75 Å². The normalized spacial score (nSPS) is 13.1. The van der Waals surface area contributed by atoms with E-state index in [0.717, 1.165) is 11.3 Å². The van der Waals surface area contributed by atoms with Gasteiger partial charge < -0.3 is 15.2 Å². The highest BCUT2D eigenvalue weighted by Gasteiger charge is 2.33. The van der Waals surface area contributed by atoms with Crippen LogP contribution in [0.2, 0.25) is 0 Å². The summed E-state index contributed by atoms with van der Waals surface area (Å²) in [5.74, 6) is -0.0227. The van der Waals surface area contributed by atoms with Crippen molar-refractivity contribution in [1.29, 1.82) is 0 Å². The van der Waals surface area contributed by atoms with Gasteiger partial charge in [-0.05, 0) is 18.5 Å². The first-order valence-corrected chi connectivity index (χ1v) is 5.94. The van der Waals surface area contributed by atoms with Crippen molar-refractivity contribution in [3.8, 4) is 5.75 Å². The van der Waals surface area contributed by atoms with Crippen molar-refractivity contribution in [3.05, 3.63) is 29.8 Å². The van der Waals surface area contributed by atoms with Gasteiger partial charge in [-0.25, -0.2) is 0 Å². The van der Waals surface area contributed by atoms with Gasteiger partial charge in [0.15, 0.2) is 0 Å². The van der Waals surface area contributed by atoms with Crippen molar-refractivity contribution in [3.63, 3.8) is 0 Å². The molecule has 0 aliphatic heterocycles. The summed E-state index contributed by atoms with van der Waals surface area (Å²) in [6.45, 7) is 3.88. The van der Waals surface area contributed by atoms with Crippen molar-refractivity contribution in [2.24, 2.45) is 5.41 Å². The predicted octanol–water partition coefficient (Wildman–Crippen LogP) is 2.46. The maximum absolute atomic E-state index is 11.0. The van der Waals surface area contributed by atoms with Crippen LogP contribution in [-0.4, -0.2) is 25.2 Å². The molecular weight excluding hydrogens is 230 g/mol. The third-order valence-corrected chi connectivity index (χ3v) is 3.13. The number of aliphatic carboxylic acids is 1. The minimum absolute atomic E-state index is 0.0789. The number of ether oxygens (including phenoxy) is 1. The third kappa shape index (κ3) is 3.23. The molecule has 4 nitrogen and oxygen atoms in total. The van der Waals surface area contributed by atoms with E-state index in [1.54, 1.807) is 7.11 Å². The summed E-state index contributed by atoms with van der Waals surface area (Å²) in [4.78, 5) is 11.0. The zero-order valence-corrected chi connectivity index (χ0v) is 11.4. The molecule has 0 aromatic heterocycles. The fourth-order valence-electron chi connectivity index (χ4n) is 2.36. The van der Waals surface area contributed by atoms with Gasteiger partial charge in [-0.15, -0.1) is 0 Å². The summed E-state index contributed by atoms with van der Waals surface area (Å²) in [7, 11) is 3.45. The summed E-state index contributed by atoms with van der Waals surface area (Å²) in [5.41, 5.74) is 0.573. The SMILES string of the molecule is CNC(c1ccccc1OC)C(C)(C)CC(=O)O. The highest BCUT2D eigenvalue weighted by molar-refractivity contribution is 5.67. The molecule has 0 spiro atoms. The van der Waals surface area contributed by atoms with E-state index in [1.165, 1.54) is 0 Å². The van der Waals surface area contributed by atoms with E-state index in [0.29, 0.717) is 0 Å². The summed E-state index contributed by atoms with van der Waals surface area (Å²) in [6, 6.07) is 7.60. The lowest BCUT2D eigenvalue weighted by Crippen LogP contribution is -2.34. The van der Waals surface area contributed by atoms with Gasteiger partial charge >= 0.3 is 5.97 Å². The van der Waals surface area contributed by atoms with Gasteiger partial charge in [0.25, 0.3) is 0 Å². The minimum atomic E-state index is -0.796. The fraction of sp³-hybridized carbons (Fsp3) is 0.500. The van der Waals surface area contributed by atoms with E-state index in [1.807, 2.05) is 45.2 Å². The number of nitrogens with one attached hydrogen (secondary N) is 1. The monoisotopic (exact) mass is 251 g/mol. The maximum Gasteiger partial charge on any atom is 0.303 e. The molecule has 0 saturated carbocycles. The molecule has 18 heavy (non-hydrogen) atoms. The second-order valence-electron chi connectivity index (χ2n) is 5.02. The quantitative estimate of drug-likeness (QED) is 0.815. The Bertz CT molecular complexity index is 415. The highest BCUT2D eigenvalue weighted by atomic mass is 16.5. The number of benzene rings is 1. The molecular formula is C14H21NO3. The van der Waals surface area contributed by atoms with Gasteiger partial charge in [-0.3, -0.25) is 4.79 Å². The van der Waals surface area contributed by atoms with Gasteiger partial charge in [0, 0.05) is 11.6 Å². The van der Waals surface area contributed by atoms with E-state index in [2.05, 4.69) is 5.32 Å². The number of para-hydroxylation sites is 1. The lowest BCUT2D eigenvalue weighted by molar-refractivity contribution is -0.139. The summed E-state index contributed by atoms with van der Waals surface area (Å²) >= 11 is 0. The first kappa shape index (κ1) is 14.5. The lowest BCUT2D eigenvalue weighted by atomic mass is 9.77. The number of hydrogen-bond acceptors (Lipinski definition) is 3. The van der Waals surface area contributed by atoms with E-state index in [9.17, 15) is 4.79 Å². The van der Waals surface area contributed by atoms with Crippen LogP contribution in [0.4, 0.5) is 0 Å². The average Bonchev–Trinajstić information content (AvgIpc) is 2.28. The Morgan fingerprint density at radius 3 is 2.56 bits per heavy atom. The predicted molar refractivity (Wildman–Crippen MR) is 70.8 cm³/mol. The first-order chi connectivity index (χ1) is 8.42. The Kier molecular flexibility index (Phi) is 4.73. The van der Waals surface area contributed by atoms with Crippen LogP contribution < -0.4 is 10.1 Å². The Balaban J connectivity index is 3.12. The second-order valence-corrected chi connectivity index (χ2v) is 5.02. The molecule has 0 heterocycles. The van der Waals surface area contributed by atoms with E-state index >= 15 is 0 Å². The van der Waals surface area contributed by atoms with Crippen LogP contribution in [0, 0.1) is 5.41 Å². The van der Waals surface area contributed by atoms with Crippen molar-refractivity contribution >= 4 is 5.97 Å². The molecule has 2 N–H and O–H groups in total. The Morgan fingerprint density at radius 2 is 2.06 bits per heavy atom. The van der Waals surface area contributed by atoms with Gasteiger partial charge in [0.05, 0.1) is 13.5 Å². The van der Waals surface area contributed by atoms with Crippen LogP contribution in [0.3, 0.4) is 0 Å². The zero-order chi connectivity index (χ0) is 13.8. The lowest BCUT2D eigenvalue weighted by Gasteiger charge is -2.34. The molecule has 1 rings (SSSR count). The van der Waals surface area contributed by atoms with Crippen LogP contribution in [0.25, 0.3) is 0 Å². The number of rotatable bonds is 6. The first-order valence-electron chi connectivity index (χ1n) is 5.94. The van der Waals surface area contributed by atoms with E-state index < -0.39 is 11.4 Å². The summed E-state index contributed by atoms with van der Waals surface area (Å²) < 4.78 is 5.34. The van der Waals surface area contributed by atoms with Gasteiger partial charge in [0.2, 0.25) is 0 Å². The number of carbonyl (C=O) groups is 1. The molecule has 0 amide bonds. The second kappa shape index (κ2) is 5.87. The molecule has 0 aliphatic carbocycles. The van der Waals surface area contributed by atoms with Crippen molar-refractivity contribution in [2.45, 2.75) is 26.3 Å². The largest absolute Gasteiger partial charge is 0.496 e. The van der Waals surface area contributed by atoms with Gasteiger partial charge in [-0.2, -0.15) is 0 Å². The smallest absolute Gasteiger partial charge is 0.303 e. The van der Waals surface area contributed by atoms with Crippen LogP contribution in [0.15, 0.2) is 24.3 Å². The standard InChI is InChI=1S/C14H21NO3/c1-14(2,9-12(16)17)13(15-3)10-7-5-6-8-11(10)18-4/h5-8,13,15H,9H2,1-4H3,(H,16,17). The molecule has 100 valence electrons. The zero-order valence-electron chi connectivity index (χ0n) is 11.4. The summed E-state index contributed by atoms with van der Waals surface area (Å²) in [5, 5.41) is 12.2. The molecule has 0 fully saturated rings. The average molecular weight is 251 g/mol. The molecule has 0 aliphatic rings. The molecule has 1 aromatic carbocycles.